The van der Waals surface area contributed by atoms with Gasteiger partial charge in [-0.15, -0.1) is 4.91 Å². The van der Waals surface area contributed by atoms with Crippen LogP contribution in [0.1, 0.15) is 18.2 Å². The molecule has 0 aliphatic carbocycles. The lowest BCUT2D eigenvalue weighted by Crippen LogP contribution is -2.25. The van der Waals surface area contributed by atoms with Crippen LogP contribution < -0.4 is 16.8 Å². The maximum atomic E-state index is 10.7. The monoisotopic (exact) mass is 220 g/mol. The van der Waals surface area contributed by atoms with Gasteiger partial charge in [-0.2, -0.15) is 4.98 Å². The van der Waals surface area contributed by atoms with Crippen LogP contribution in [0, 0.1) is 4.91 Å². The Morgan fingerprint density at radius 3 is 2.81 bits per heavy atom. The number of rotatable bonds is 2. The Bertz CT molecular complexity index is 444. The second-order valence-corrected chi connectivity index (χ2v) is 3.46. The van der Waals surface area contributed by atoms with Crippen LogP contribution in [0.15, 0.2) is 17.3 Å². The summed E-state index contributed by atoms with van der Waals surface area (Å²) in [6.07, 6.45) is 4.72. The van der Waals surface area contributed by atoms with Crippen LogP contribution in [-0.4, -0.2) is 16.5 Å². The summed E-state index contributed by atoms with van der Waals surface area (Å²) >= 11 is 0. The van der Waals surface area contributed by atoms with Gasteiger partial charge in [-0.05, 0) is 11.6 Å². The lowest BCUT2D eigenvalue weighted by Gasteiger charge is -2.20. The summed E-state index contributed by atoms with van der Waals surface area (Å²) < 4.78 is 0. The average Bonchev–Trinajstić information content (AvgIpc) is 2.29. The maximum Gasteiger partial charge on any atom is 0.222 e. The minimum absolute atomic E-state index is 0.0221. The highest BCUT2D eigenvalue weighted by atomic mass is 16.3. The van der Waals surface area contributed by atoms with Crippen LogP contribution in [0.5, 0.6) is 0 Å². The largest absolute Gasteiger partial charge is 0.382 e. The van der Waals surface area contributed by atoms with Gasteiger partial charge in [0, 0.05) is 6.54 Å². The predicted molar refractivity (Wildman–Crippen MR) is 60.8 cm³/mol. The van der Waals surface area contributed by atoms with E-state index < -0.39 is 0 Å². The lowest BCUT2D eigenvalue weighted by molar-refractivity contribution is 0.542. The Hall–Kier alpha value is -2.02. The van der Waals surface area contributed by atoms with E-state index in [1.54, 1.807) is 0 Å². The SMILES string of the molecule is Nc1nc(N)c(N=O)c(C2CC=CCN2)n1. The number of hydrogen-bond donors (Lipinski definition) is 3. The third-order valence-electron chi connectivity index (χ3n) is 2.40. The van der Waals surface area contributed by atoms with Gasteiger partial charge >= 0.3 is 0 Å². The molecule has 0 bridgehead atoms. The van der Waals surface area contributed by atoms with Gasteiger partial charge < -0.3 is 16.8 Å². The van der Waals surface area contributed by atoms with Crippen molar-refractivity contribution in [1.29, 1.82) is 0 Å². The predicted octanol–water partition coefficient (Wildman–Crippen LogP) is 0.629. The summed E-state index contributed by atoms with van der Waals surface area (Å²) in [7, 11) is 0. The molecule has 0 fully saturated rings. The Morgan fingerprint density at radius 2 is 2.19 bits per heavy atom. The molecule has 7 nitrogen and oxygen atoms in total. The van der Waals surface area contributed by atoms with Crippen LogP contribution in [0.3, 0.4) is 0 Å². The molecule has 0 saturated heterocycles. The molecule has 16 heavy (non-hydrogen) atoms. The summed E-state index contributed by atoms with van der Waals surface area (Å²) in [5.41, 5.74) is 11.6. The number of nitrogens with one attached hydrogen (secondary N) is 1. The molecule has 0 saturated carbocycles. The molecule has 1 aliphatic rings. The summed E-state index contributed by atoms with van der Waals surface area (Å²) in [6.45, 7) is 0.715. The minimum atomic E-state index is -0.0923. The molecule has 7 heteroatoms. The zero-order chi connectivity index (χ0) is 11.5. The van der Waals surface area contributed by atoms with Gasteiger partial charge in [0.1, 0.15) is 0 Å². The van der Waals surface area contributed by atoms with E-state index in [4.69, 9.17) is 11.5 Å². The first kappa shape index (κ1) is 10.5. The molecular formula is C9H12N6O. The van der Waals surface area contributed by atoms with Gasteiger partial charge in [-0.3, -0.25) is 0 Å². The average molecular weight is 220 g/mol. The van der Waals surface area contributed by atoms with E-state index in [1.165, 1.54) is 0 Å². The van der Waals surface area contributed by atoms with Gasteiger partial charge in [-0.25, -0.2) is 4.98 Å². The van der Waals surface area contributed by atoms with Crippen LogP contribution in [0.2, 0.25) is 0 Å². The van der Waals surface area contributed by atoms with E-state index in [0.717, 1.165) is 6.42 Å². The first-order valence-electron chi connectivity index (χ1n) is 4.87. The van der Waals surface area contributed by atoms with E-state index in [1.807, 2.05) is 12.2 Å². The van der Waals surface area contributed by atoms with Crippen LogP contribution in [0.25, 0.3) is 0 Å². The fraction of sp³-hybridized carbons (Fsp3) is 0.333. The van der Waals surface area contributed by atoms with Crippen LogP contribution in [0.4, 0.5) is 17.5 Å². The van der Waals surface area contributed by atoms with E-state index >= 15 is 0 Å². The van der Waals surface area contributed by atoms with Gasteiger partial charge in [0.2, 0.25) is 5.95 Å². The molecule has 1 unspecified atom stereocenters. The molecule has 2 heterocycles. The van der Waals surface area contributed by atoms with E-state index in [-0.39, 0.29) is 23.5 Å². The third-order valence-corrected chi connectivity index (χ3v) is 2.40. The fourth-order valence-electron chi connectivity index (χ4n) is 1.66. The Labute approximate surface area is 91.9 Å². The third kappa shape index (κ3) is 1.84. The van der Waals surface area contributed by atoms with Crippen LogP contribution in [-0.2, 0) is 0 Å². The van der Waals surface area contributed by atoms with Crippen molar-refractivity contribution >= 4 is 17.5 Å². The molecule has 0 spiro atoms. The van der Waals surface area contributed by atoms with Crippen molar-refractivity contribution < 1.29 is 0 Å². The summed E-state index contributed by atoms with van der Waals surface area (Å²) in [6, 6.07) is -0.0923. The summed E-state index contributed by atoms with van der Waals surface area (Å²) in [5, 5.41) is 6.04. The highest BCUT2D eigenvalue weighted by molar-refractivity contribution is 5.62. The van der Waals surface area contributed by atoms with Crippen molar-refractivity contribution in [2.45, 2.75) is 12.5 Å². The van der Waals surface area contributed by atoms with E-state index in [9.17, 15) is 4.91 Å². The lowest BCUT2D eigenvalue weighted by atomic mass is 10.1. The first-order chi connectivity index (χ1) is 7.72. The van der Waals surface area contributed by atoms with Gasteiger partial charge in [0.05, 0.1) is 11.7 Å². The first-order valence-corrected chi connectivity index (χ1v) is 4.87. The number of nitrogen functional groups attached to an aromatic ring is 2. The maximum absolute atomic E-state index is 10.7. The Kier molecular flexibility index (Phi) is 2.78. The van der Waals surface area contributed by atoms with Crippen molar-refractivity contribution in [3.05, 3.63) is 22.8 Å². The molecule has 84 valence electrons. The molecule has 0 amide bonds. The van der Waals surface area contributed by atoms with Gasteiger partial charge in [0.25, 0.3) is 0 Å². The summed E-state index contributed by atoms with van der Waals surface area (Å²) in [5.74, 6) is 0.0742. The molecule has 1 aromatic rings. The number of aromatic nitrogens is 2. The molecule has 1 atom stereocenters. The normalized spacial score (nSPS) is 19.6. The smallest absolute Gasteiger partial charge is 0.222 e. The van der Waals surface area contributed by atoms with Crippen molar-refractivity contribution in [3.63, 3.8) is 0 Å². The topological polar surface area (TPSA) is 119 Å². The zero-order valence-electron chi connectivity index (χ0n) is 8.55. The quantitative estimate of drug-likeness (QED) is 0.496. The molecule has 1 aromatic heterocycles. The number of hydrogen-bond acceptors (Lipinski definition) is 7. The van der Waals surface area contributed by atoms with E-state index in [2.05, 4.69) is 20.5 Å². The molecule has 2 rings (SSSR count). The van der Waals surface area contributed by atoms with E-state index in [0.29, 0.717) is 12.2 Å². The number of nitrogens with two attached hydrogens (primary N) is 2. The summed E-state index contributed by atoms with van der Waals surface area (Å²) in [4.78, 5) is 18.4. The Morgan fingerprint density at radius 1 is 1.38 bits per heavy atom. The standard InChI is InChI=1S/C9H12N6O/c10-8-7(15-16)6(13-9(11)14-8)5-3-1-2-4-12-5/h1-2,5,12H,3-4H2,(H4,10,11,13,14). The van der Waals surface area contributed by atoms with Gasteiger partial charge in [0.15, 0.2) is 11.5 Å². The van der Waals surface area contributed by atoms with Crippen molar-refractivity contribution in [2.75, 3.05) is 18.0 Å². The molecule has 0 radical (unpaired) electrons. The highest BCUT2D eigenvalue weighted by Crippen LogP contribution is 2.31. The van der Waals surface area contributed by atoms with Crippen LogP contribution >= 0.6 is 0 Å². The van der Waals surface area contributed by atoms with Gasteiger partial charge in [-0.1, -0.05) is 12.2 Å². The molecular weight excluding hydrogens is 208 g/mol. The van der Waals surface area contributed by atoms with Crippen molar-refractivity contribution in [1.82, 2.24) is 15.3 Å². The highest BCUT2D eigenvalue weighted by Gasteiger charge is 2.21. The Balaban J connectivity index is 2.45. The van der Waals surface area contributed by atoms with Crippen molar-refractivity contribution in [2.24, 2.45) is 5.18 Å². The zero-order valence-corrected chi connectivity index (χ0v) is 8.55. The second kappa shape index (κ2) is 4.23. The minimum Gasteiger partial charge on any atom is -0.382 e. The molecule has 0 aromatic carbocycles. The molecule has 1 aliphatic heterocycles. The fourth-order valence-corrected chi connectivity index (χ4v) is 1.66. The van der Waals surface area contributed by atoms with Crippen molar-refractivity contribution in [3.8, 4) is 0 Å². The number of nitrogens with zero attached hydrogens (tertiary/aromatic N) is 3. The number of nitroso groups, excluding NO2 is 1. The second-order valence-electron chi connectivity index (χ2n) is 3.46. The number of anilines is 2. The molecule has 5 N–H and O–H groups in total.